The third kappa shape index (κ3) is 5.23. The van der Waals surface area contributed by atoms with Gasteiger partial charge in [-0.3, -0.25) is 4.99 Å². The van der Waals surface area contributed by atoms with Crippen LogP contribution >= 0.6 is 0 Å². The van der Waals surface area contributed by atoms with E-state index in [1.165, 1.54) is 38.2 Å². The van der Waals surface area contributed by atoms with E-state index in [2.05, 4.69) is 187 Å². The summed E-state index contributed by atoms with van der Waals surface area (Å²) >= 11 is 0. The van der Waals surface area contributed by atoms with Crippen LogP contribution in [0.4, 0.5) is 0 Å². The third-order valence-corrected chi connectivity index (χ3v) is 14.3. The monoisotopic (exact) mass is 827 g/mol. The predicted octanol–water partition coefficient (Wildman–Crippen LogP) is 14.6. The maximum atomic E-state index is 6.95. The molecule has 5 unspecified atom stereocenters. The normalized spacial score (nSPS) is 20.7. The molecule has 2 aliphatic heterocycles. The second-order valence-corrected chi connectivity index (χ2v) is 17.7. The van der Waals surface area contributed by atoms with Crippen LogP contribution in [0.15, 0.2) is 201 Å². The van der Waals surface area contributed by atoms with Crippen LogP contribution in [0.2, 0.25) is 0 Å². The molecule has 0 bridgehead atoms. The molecule has 11 aromatic rings. The molecule has 3 aliphatic rings. The summed E-state index contributed by atoms with van der Waals surface area (Å²) in [6.45, 7) is 2.30. The van der Waals surface area contributed by atoms with Crippen molar-refractivity contribution in [2.24, 2.45) is 10.9 Å². The standard InChI is InChI=1S/C58H41N3O3/c1-2-38-56(35-23-25-52-44(28-35)40-16-6-10-20-49(40)62-52)59-58(60-57(38)36-24-26-53-45(29-36)41-17-7-11-21-50(41)63-53)46-31-37(32-54-55(46)42-18-8-12-22-51(42)64-54)61-47-19-9-5-15-39(47)43-27-33-13-3-4-14-34(33)30-48(43)61/h3-32,38,54-57H,2H2,1H3,(H,59,60). The van der Waals surface area contributed by atoms with Gasteiger partial charge in [0.05, 0.1) is 29.0 Å². The largest absolute Gasteiger partial charge is 0.485 e. The summed E-state index contributed by atoms with van der Waals surface area (Å²) in [4.78, 5) is 5.89. The molecular weight excluding hydrogens is 787 g/mol. The fourth-order valence-corrected chi connectivity index (χ4v) is 11.3. The lowest BCUT2D eigenvalue weighted by atomic mass is 9.78. The minimum Gasteiger partial charge on any atom is -0.485 e. The molecule has 1 N–H and O–H groups in total. The molecule has 64 heavy (non-hydrogen) atoms. The van der Waals surface area contributed by atoms with Crippen LogP contribution in [-0.4, -0.2) is 16.5 Å². The first-order chi connectivity index (χ1) is 31.6. The number of fused-ring (bicyclic) bond motifs is 13. The van der Waals surface area contributed by atoms with E-state index < -0.39 is 0 Å². The van der Waals surface area contributed by atoms with Crippen molar-refractivity contribution in [3.63, 3.8) is 0 Å². The number of nitrogens with zero attached hydrogens (tertiary/aromatic N) is 2. The van der Waals surface area contributed by atoms with E-state index in [9.17, 15) is 0 Å². The Labute approximate surface area is 368 Å². The highest BCUT2D eigenvalue weighted by atomic mass is 16.5. The number of furan rings is 2. The lowest BCUT2D eigenvalue weighted by Gasteiger charge is -2.40. The Morgan fingerprint density at radius 3 is 1.95 bits per heavy atom. The Kier molecular flexibility index (Phi) is 7.58. The quantitative estimate of drug-likeness (QED) is 0.188. The molecule has 0 fully saturated rings. The Morgan fingerprint density at radius 1 is 0.562 bits per heavy atom. The minimum absolute atomic E-state index is 0.0665. The van der Waals surface area contributed by atoms with Gasteiger partial charge < -0.3 is 23.5 Å². The van der Waals surface area contributed by atoms with Crippen molar-refractivity contribution in [2.45, 2.75) is 37.5 Å². The van der Waals surface area contributed by atoms with E-state index in [4.69, 9.17) is 18.6 Å². The molecule has 1 aliphatic carbocycles. The molecule has 8 aromatic carbocycles. The summed E-state index contributed by atoms with van der Waals surface area (Å²) in [6, 6.07) is 60.5. The van der Waals surface area contributed by atoms with Crippen LogP contribution in [0.5, 0.6) is 5.75 Å². The Bertz CT molecular complexity index is 3840. The van der Waals surface area contributed by atoms with Gasteiger partial charge in [-0.1, -0.05) is 116 Å². The van der Waals surface area contributed by atoms with Crippen molar-refractivity contribution in [2.75, 3.05) is 0 Å². The first-order valence-electron chi connectivity index (χ1n) is 22.4. The maximum absolute atomic E-state index is 6.95. The number of hydrogen-bond donors (Lipinski definition) is 1. The highest BCUT2D eigenvalue weighted by Crippen LogP contribution is 2.50. The van der Waals surface area contributed by atoms with Gasteiger partial charge in [0.2, 0.25) is 0 Å². The number of aromatic nitrogens is 1. The van der Waals surface area contributed by atoms with Crippen molar-refractivity contribution in [1.29, 1.82) is 0 Å². The SMILES string of the molecule is CCC1C(c2ccc3oc4ccccc4c3c2)N=C(C2=CC(n3c4ccccc4c4cc5ccccc5cc43)=CC3Oc4ccccc4C23)NC1c1ccc2oc3ccccc3c2c1. The molecule has 3 aromatic heterocycles. The van der Waals surface area contributed by atoms with Gasteiger partial charge in [0, 0.05) is 55.1 Å². The topological polar surface area (TPSA) is 64.8 Å². The third-order valence-electron chi connectivity index (χ3n) is 14.3. The van der Waals surface area contributed by atoms with Gasteiger partial charge >= 0.3 is 0 Å². The number of aliphatic imine (C=N–C) groups is 1. The Balaban J connectivity index is 1.00. The fourth-order valence-electron chi connectivity index (χ4n) is 11.3. The first-order valence-corrected chi connectivity index (χ1v) is 22.4. The van der Waals surface area contributed by atoms with Gasteiger partial charge in [0.25, 0.3) is 0 Å². The molecule has 0 saturated carbocycles. The molecule has 0 spiro atoms. The van der Waals surface area contributed by atoms with Crippen molar-refractivity contribution in [3.05, 3.63) is 204 Å². The summed E-state index contributed by atoms with van der Waals surface area (Å²) in [5.41, 5.74) is 11.6. The molecule has 14 rings (SSSR count). The molecule has 5 atom stereocenters. The van der Waals surface area contributed by atoms with Crippen molar-refractivity contribution >= 4 is 88.0 Å². The summed E-state index contributed by atoms with van der Waals surface area (Å²) in [5, 5.41) is 13.5. The maximum Gasteiger partial charge on any atom is 0.135 e. The minimum atomic E-state index is -0.239. The highest BCUT2D eigenvalue weighted by molar-refractivity contribution is 6.15. The predicted molar refractivity (Wildman–Crippen MR) is 260 cm³/mol. The average Bonchev–Trinajstić information content (AvgIpc) is 4.11. The van der Waals surface area contributed by atoms with E-state index in [1.807, 2.05) is 12.1 Å². The average molecular weight is 828 g/mol. The number of para-hydroxylation sites is 4. The highest BCUT2D eigenvalue weighted by Gasteiger charge is 2.44. The number of rotatable bonds is 5. The van der Waals surface area contributed by atoms with Gasteiger partial charge in [-0.2, -0.15) is 0 Å². The number of allylic oxidation sites excluding steroid dienone is 2. The van der Waals surface area contributed by atoms with Gasteiger partial charge in [-0.15, -0.1) is 0 Å². The number of ether oxygens (including phenoxy) is 1. The number of benzene rings is 8. The zero-order valence-electron chi connectivity index (χ0n) is 35.0. The summed E-state index contributed by atoms with van der Waals surface area (Å²) in [7, 11) is 0. The Morgan fingerprint density at radius 2 is 1.19 bits per heavy atom. The molecule has 6 nitrogen and oxygen atoms in total. The molecule has 306 valence electrons. The fraction of sp³-hybridized carbons (Fsp3) is 0.121. The van der Waals surface area contributed by atoms with E-state index in [0.717, 1.165) is 84.2 Å². The molecule has 6 heteroatoms. The van der Waals surface area contributed by atoms with Crippen LogP contribution in [0.1, 0.15) is 48.0 Å². The zero-order chi connectivity index (χ0) is 42.0. The molecule has 0 saturated heterocycles. The molecule has 0 amide bonds. The van der Waals surface area contributed by atoms with Crippen molar-refractivity contribution in [3.8, 4) is 5.75 Å². The van der Waals surface area contributed by atoms with Gasteiger partial charge in [0.15, 0.2) is 0 Å². The van der Waals surface area contributed by atoms with Crippen molar-refractivity contribution in [1.82, 2.24) is 9.88 Å². The summed E-state index contributed by atoms with van der Waals surface area (Å²) in [6.07, 6.45) is 5.39. The van der Waals surface area contributed by atoms with Crippen molar-refractivity contribution < 1.29 is 13.6 Å². The van der Waals surface area contributed by atoms with Crippen LogP contribution in [0.25, 0.3) is 82.2 Å². The van der Waals surface area contributed by atoms with Crippen LogP contribution in [0.3, 0.4) is 0 Å². The van der Waals surface area contributed by atoms with Gasteiger partial charge in [-0.25, -0.2) is 0 Å². The smallest absolute Gasteiger partial charge is 0.135 e. The van der Waals surface area contributed by atoms with E-state index in [0.29, 0.717) is 0 Å². The summed E-state index contributed by atoms with van der Waals surface area (Å²) in [5.74, 6) is 1.86. The second-order valence-electron chi connectivity index (χ2n) is 17.7. The number of nitrogens with one attached hydrogen (secondary N) is 1. The van der Waals surface area contributed by atoms with E-state index in [-0.39, 0.29) is 30.0 Å². The lowest BCUT2D eigenvalue weighted by molar-refractivity contribution is 0.265. The molecule has 0 radical (unpaired) electrons. The van der Waals surface area contributed by atoms with Crippen LogP contribution < -0.4 is 10.1 Å². The van der Waals surface area contributed by atoms with Gasteiger partial charge in [-0.05, 0) is 101 Å². The van der Waals surface area contributed by atoms with E-state index in [1.54, 1.807) is 0 Å². The number of hydrogen-bond acceptors (Lipinski definition) is 5. The van der Waals surface area contributed by atoms with Gasteiger partial charge in [0.1, 0.15) is 40.0 Å². The molecule has 5 heterocycles. The lowest BCUT2D eigenvalue weighted by Crippen LogP contribution is -2.43. The zero-order valence-corrected chi connectivity index (χ0v) is 35.0. The number of amidine groups is 1. The van der Waals surface area contributed by atoms with Crippen LogP contribution in [0, 0.1) is 5.92 Å². The van der Waals surface area contributed by atoms with Crippen LogP contribution in [-0.2, 0) is 0 Å². The second kappa shape index (κ2) is 13.6. The Hall–Kier alpha value is -7.83. The first kappa shape index (κ1) is 35.7. The van der Waals surface area contributed by atoms with E-state index >= 15 is 0 Å². The summed E-state index contributed by atoms with van der Waals surface area (Å²) < 4.78 is 22.1. The molecular formula is C58H41N3O3.